The van der Waals surface area contributed by atoms with Gasteiger partial charge in [-0.3, -0.25) is 0 Å². The molecule has 0 aliphatic heterocycles. The minimum Gasteiger partial charge on any atom is -0.507 e. The third kappa shape index (κ3) is 3.16. The third-order valence-electron chi connectivity index (χ3n) is 3.96. The van der Waals surface area contributed by atoms with Crippen LogP contribution in [0, 0.1) is 5.92 Å². The van der Waals surface area contributed by atoms with Crippen molar-refractivity contribution in [1.29, 1.82) is 0 Å². The summed E-state index contributed by atoms with van der Waals surface area (Å²) in [6.45, 7) is 3.04. The predicted molar refractivity (Wildman–Crippen MR) is 72.9 cm³/mol. The molecule has 0 saturated heterocycles. The highest BCUT2D eigenvalue weighted by molar-refractivity contribution is 5.39. The van der Waals surface area contributed by atoms with E-state index in [4.69, 9.17) is 4.74 Å². The molecule has 100 valence electrons. The van der Waals surface area contributed by atoms with Crippen molar-refractivity contribution in [2.45, 2.75) is 45.2 Å². The van der Waals surface area contributed by atoms with Crippen LogP contribution in [-0.2, 0) is 6.54 Å². The first kappa shape index (κ1) is 13.2. The van der Waals surface area contributed by atoms with Crippen LogP contribution >= 0.6 is 0 Å². The molecule has 1 aliphatic carbocycles. The summed E-state index contributed by atoms with van der Waals surface area (Å²) in [7, 11) is 1.61. The molecule has 1 fully saturated rings. The second kappa shape index (κ2) is 6.10. The van der Waals surface area contributed by atoms with E-state index in [0.29, 0.717) is 17.5 Å². The second-order valence-corrected chi connectivity index (χ2v) is 5.24. The summed E-state index contributed by atoms with van der Waals surface area (Å²) in [4.78, 5) is 0. The van der Waals surface area contributed by atoms with Crippen LogP contribution in [0.25, 0.3) is 0 Å². The maximum absolute atomic E-state index is 9.90. The molecule has 2 N–H and O–H groups in total. The monoisotopic (exact) mass is 249 g/mol. The number of hydrogen-bond donors (Lipinski definition) is 2. The molecule has 0 amide bonds. The van der Waals surface area contributed by atoms with Gasteiger partial charge in [0, 0.05) is 24.2 Å². The molecule has 0 heterocycles. The Bertz CT molecular complexity index is 392. The molecule has 1 aromatic carbocycles. The molecule has 2 atom stereocenters. The van der Waals surface area contributed by atoms with Crippen molar-refractivity contribution in [2.24, 2.45) is 5.92 Å². The van der Waals surface area contributed by atoms with Crippen LogP contribution < -0.4 is 10.1 Å². The fourth-order valence-corrected chi connectivity index (χ4v) is 2.68. The molecular formula is C15H23NO2. The number of nitrogens with one attached hydrogen (secondary N) is 1. The lowest BCUT2D eigenvalue weighted by molar-refractivity contribution is 0.278. The van der Waals surface area contributed by atoms with E-state index in [1.807, 2.05) is 12.1 Å². The van der Waals surface area contributed by atoms with E-state index in [-0.39, 0.29) is 0 Å². The summed E-state index contributed by atoms with van der Waals surface area (Å²) < 4.78 is 5.08. The van der Waals surface area contributed by atoms with Crippen LogP contribution in [-0.4, -0.2) is 18.3 Å². The van der Waals surface area contributed by atoms with Crippen molar-refractivity contribution in [3.63, 3.8) is 0 Å². The van der Waals surface area contributed by atoms with Gasteiger partial charge in [-0.1, -0.05) is 25.8 Å². The van der Waals surface area contributed by atoms with E-state index in [2.05, 4.69) is 12.2 Å². The van der Waals surface area contributed by atoms with Crippen molar-refractivity contribution in [3.8, 4) is 11.5 Å². The number of phenols is 1. The average molecular weight is 249 g/mol. The van der Waals surface area contributed by atoms with Crippen molar-refractivity contribution in [1.82, 2.24) is 5.32 Å². The molecule has 3 heteroatoms. The number of aromatic hydroxyl groups is 1. The van der Waals surface area contributed by atoms with Crippen LogP contribution in [0.4, 0.5) is 0 Å². The maximum atomic E-state index is 9.90. The molecule has 0 aromatic heterocycles. The van der Waals surface area contributed by atoms with Gasteiger partial charge in [0.25, 0.3) is 0 Å². The lowest BCUT2D eigenvalue weighted by Gasteiger charge is -2.29. The smallest absolute Gasteiger partial charge is 0.123 e. The topological polar surface area (TPSA) is 41.5 Å². The number of ether oxygens (including phenoxy) is 1. The summed E-state index contributed by atoms with van der Waals surface area (Å²) in [5.41, 5.74) is 0.938. The minimum absolute atomic E-state index is 0.310. The van der Waals surface area contributed by atoms with E-state index >= 15 is 0 Å². The number of methoxy groups -OCH3 is 1. The Morgan fingerprint density at radius 2 is 2.11 bits per heavy atom. The predicted octanol–water partition coefficient (Wildman–Crippen LogP) is 3.07. The van der Waals surface area contributed by atoms with Gasteiger partial charge in [0.2, 0.25) is 0 Å². The number of hydrogen-bond acceptors (Lipinski definition) is 3. The molecule has 1 saturated carbocycles. The first-order valence-electron chi connectivity index (χ1n) is 6.80. The summed E-state index contributed by atoms with van der Waals surface area (Å²) in [5, 5.41) is 13.5. The molecule has 2 rings (SSSR count). The molecule has 0 spiro atoms. The SMILES string of the molecule is COc1ccc(CNC2CCCCC2C)c(O)c1. The lowest BCUT2D eigenvalue weighted by atomic mass is 9.86. The normalized spacial score (nSPS) is 23.9. The van der Waals surface area contributed by atoms with E-state index < -0.39 is 0 Å². The highest BCUT2D eigenvalue weighted by Crippen LogP contribution is 2.26. The van der Waals surface area contributed by atoms with E-state index in [0.717, 1.165) is 18.0 Å². The molecule has 1 aromatic rings. The fourth-order valence-electron chi connectivity index (χ4n) is 2.68. The number of benzene rings is 1. The standard InChI is InChI=1S/C15H23NO2/c1-11-5-3-4-6-14(11)16-10-12-7-8-13(18-2)9-15(12)17/h7-9,11,14,16-17H,3-6,10H2,1-2H3. The molecule has 18 heavy (non-hydrogen) atoms. The Morgan fingerprint density at radius 1 is 1.33 bits per heavy atom. The summed E-state index contributed by atoms with van der Waals surface area (Å²) in [6, 6.07) is 6.07. The van der Waals surface area contributed by atoms with Crippen LogP contribution in [0.2, 0.25) is 0 Å². The Morgan fingerprint density at radius 3 is 2.78 bits per heavy atom. The first-order valence-corrected chi connectivity index (χ1v) is 6.80. The number of rotatable bonds is 4. The molecule has 2 unspecified atom stereocenters. The van der Waals surface area contributed by atoms with Gasteiger partial charge < -0.3 is 15.2 Å². The Kier molecular flexibility index (Phi) is 4.48. The van der Waals surface area contributed by atoms with Gasteiger partial charge in [-0.15, -0.1) is 0 Å². The quantitative estimate of drug-likeness (QED) is 0.861. The zero-order valence-electron chi connectivity index (χ0n) is 11.3. The zero-order chi connectivity index (χ0) is 13.0. The van der Waals surface area contributed by atoms with E-state index in [9.17, 15) is 5.11 Å². The van der Waals surface area contributed by atoms with Crippen LogP contribution in [0.1, 0.15) is 38.2 Å². The average Bonchev–Trinajstić information content (AvgIpc) is 2.39. The summed E-state index contributed by atoms with van der Waals surface area (Å²) >= 11 is 0. The Balaban J connectivity index is 1.93. The second-order valence-electron chi connectivity index (χ2n) is 5.24. The van der Waals surface area contributed by atoms with Crippen LogP contribution in [0.5, 0.6) is 11.5 Å². The molecule has 1 aliphatic rings. The fraction of sp³-hybridized carbons (Fsp3) is 0.600. The van der Waals surface area contributed by atoms with Crippen molar-refractivity contribution in [2.75, 3.05) is 7.11 Å². The third-order valence-corrected chi connectivity index (χ3v) is 3.96. The highest BCUT2D eigenvalue weighted by atomic mass is 16.5. The van der Waals surface area contributed by atoms with Gasteiger partial charge in [0.05, 0.1) is 7.11 Å². The highest BCUT2D eigenvalue weighted by Gasteiger charge is 2.20. The van der Waals surface area contributed by atoms with Crippen molar-refractivity contribution < 1.29 is 9.84 Å². The van der Waals surface area contributed by atoms with Gasteiger partial charge in [0.15, 0.2) is 0 Å². The molecule has 3 nitrogen and oxygen atoms in total. The largest absolute Gasteiger partial charge is 0.507 e. The minimum atomic E-state index is 0.310. The first-order chi connectivity index (χ1) is 8.70. The van der Waals surface area contributed by atoms with Crippen LogP contribution in [0.15, 0.2) is 18.2 Å². The van der Waals surface area contributed by atoms with Crippen molar-refractivity contribution in [3.05, 3.63) is 23.8 Å². The summed E-state index contributed by atoms with van der Waals surface area (Å²) in [5.74, 6) is 1.74. The van der Waals surface area contributed by atoms with Gasteiger partial charge in [-0.05, 0) is 24.8 Å². The van der Waals surface area contributed by atoms with Gasteiger partial charge in [-0.25, -0.2) is 0 Å². The maximum Gasteiger partial charge on any atom is 0.123 e. The summed E-state index contributed by atoms with van der Waals surface area (Å²) in [6.07, 6.45) is 5.23. The lowest BCUT2D eigenvalue weighted by Crippen LogP contribution is -2.36. The molecule has 0 radical (unpaired) electrons. The molecular weight excluding hydrogens is 226 g/mol. The van der Waals surface area contributed by atoms with Crippen LogP contribution in [0.3, 0.4) is 0 Å². The molecule has 0 bridgehead atoms. The van der Waals surface area contributed by atoms with E-state index in [1.54, 1.807) is 13.2 Å². The Labute approximate surface area is 109 Å². The zero-order valence-corrected chi connectivity index (χ0v) is 11.3. The van der Waals surface area contributed by atoms with Gasteiger partial charge in [0.1, 0.15) is 11.5 Å². The van der Waals surface area contributed by atoms with Gasteiger partial charge in [-0.2, -0.15) is 0 Å². The number of phenolic OH excluding ortho intramolecular Hbond substituents is 1. The van der Waals surface area contributed by atoms with Gasteiger partial charge >= 0.3 is 0 Å². The Hall–Kier alpha value is -1.22. The van der Waals surface area contributed by atoms with E-state index in [1.165, 1.54) is 25.7 Å². The van der Waals surface area contributed by atoms with Crippen molar-refractivity contribution >= 4 is 0 Å².